The van der Waals surface area contributed by atoms with E-state index in [2.05, 4.69) is 26.7 Å². The van der Waals surface area contributed by atoms with Crippen LogP contribution in [0.2, 0.25) is 0 Å². The number of nitrogens with zero attached hydrogens (tertiary/aromatic N) is 1. The fourth-order valence-corrected chi connectivity index (χ4v) is 0.630. The molecule has 0 spiro atoms. The summed E-state index contributed by atoms with van der Waals surface area (Å²) in [5.74, 6) is 3.24. The first-order chi connectivity index (χ1) is 3.41. The molecule has 1 nitrogen and oxygen atoms in total. The van der Waals surface area contributed by atoms with Crippen LogP contribution in [0.25, 0.3) is 0 Å². The van der Waals surface area contributed by atoms with Crippen molar-refractivity contribution >= 4 is 27.7 Å². The number of thiocyanates is 1. The van der Waals surface area contributed by atoms with E-state index in [0.29, 0.717) is 5.75 Å². The van der Waals surface area contributed by atoms with Crippen molar-refractivity contribution in [2.24, 2.45) is 0 Å². The van der Waals surface area contributed by atoms with Crippen LogP contribution in [0.15, 0.2) is 0 Å². The van der Waals surface area contributed by atoms with Crippen molar-refractivity contribution in [1.82, 2.24) is 0 Å². The summed E-state index contributed by atoms with van der Waals surface area (Å²) in [5.41, 5.74) is 0. The first-order valence-corrected chi connectivity index (χ1v) is 3.29. The molecule has 0 aromatic carbocycles. The van der Waals surface area contributed by atoms with Crippen molar-refractivity contribution < 1.29 is 0 Å². The van der Waals surface area contributed by atoms with E-state index in [9.17, 15) is 0 Å². The zero-order valence-electron chi connectivity index (χ0n) is 3.44. The van der Waals surface area contributed by atoms with E-state index in [0.717, 1.165) is 11.8 Å². The number of nitriles is 1. The van der Waals surface area contributed by atoms with E-state index in [1.165, 1.54) is 0 Å². The fraction of sp³-hybridized carbons (Fsp3) is 0.250. The van der Waals surface area contributed by atoms with Crippen molar-refractivity contribution in [3.63, 3.8) is 0 Å². The molecule has 0 unspecified atom stereocenters. The van der Waals surface area contributed by atoms with Crippen LogP contribution in [0.1, 0.15) is 0 Å². The first-order valence-electron chi connectivity index (χ1n) is 1.51. The Morgan fingerprint density at radius 1 is 1.71 bits per heavy atom. The molecule has 0 rings (SSSR count). The van der Waals surface area contributed by atoms with E-state index in [-0.39, 0.29) is 0 Å². The molecule has 0 aliphatic carbocycles. The second-order valence-corrected chi connectivity index (χ2v) is 1.81. The Kier molecular flexibility index (Phi) is 5.78. The minimum Gasteiger partial charge on any atom is -0.185 e. The molecule has 0 aliphatic heterocycles. The molecule has 0 atom stereocenters. The third-order valence-electron chi connectivity index (χ3n) is 0.276. The van der Waals surface area contributed by atoms with Crippen molar-refractivity contribution in [2.75, 3.05) is 5.75 Å². The third-order valence-corrected chi connectivity index (χ3v) is 0.974. The minimum atomic E-state index is 0.585. The smallest absolute Gasteiger partial charge is 0.134 e. The summed E-state index contributed by atoms with van der Waals surface area (Å²) < 4.78 is 0. The predicted molar refractivity (Wildman–Crippen MR) is 34.8 cm³/mol. The average molecular weight is 176 g/mol. The maximum Gasteiger partial charge on any atom is 0.134 e. The molecular weight excluding hydrogens is 174 g/mol. The van der Waals surface area contributed by atoms with Crippen LogP contribution in [0.4, 0.5) is 0 Å². The van der Waals surface area contributed by atoms with E-state index in [4.69, 9.17) is 5.26 Å². The average Bonchev–Trinajstić information content (AvgIpc) is 1.69. The van der Waals surface area contributed by atoms with Gasteiger partial charge in [-0.1, -0.05) is 5.92 Å². The number of rotatable bonds is 1. The first kappa shape index (κ1) is 6.88. The molecule has 0 bridgehead atoms. The van der Waals surface area contributed by atoms with Crippen molar-refractivity contribution in [2.45, 2.75) is 0 Å². The minimum absolute atomic E-state index is 0.585. The van der Waals surface area contributed by atoms with Gasteiger partial charge in [0.15, 0.2) is 0 Å². The molecule has 0 radical (unpaired) electrons. The lowest BCUT2D eigenvalue weighted by Crippen LogP contribution is -1.60. The Morgan fingerprint density at radius 3 is 2.86 bits per heavy atom. The van der Waals surface area contributed by atoms with Gasteiger partial charge in [-0.25, -0.2) is 0 Å². The lowest BCUT2D eigenvalue weighted by atomic mass is 10.8. The van der Waals surface area contributed by atoms with E-state index < -0.39 is 0 Å². The summed E-state index contributed by atoms with van der Waals surface area (Å²) in [4.78, 5) is 2.49. The maximum absolute atomic E-state index is 7.92. The summed E-state index contributed by atoms with van der Waals surface area (Å²) in [6, 6.07) is 0. The topological polar surface area (TPSA) is 23.8 Å². The van der Waals surface area contributed by atoms with Gasteiger partial charge >= 0.3 is 0 Å². The van der Waals surface area contributed by atoms with Gasteiger partial charge in [-0.2, -0.15) is 5.26 Å². The normalized spacial score (nSPS) is 5.71. The highest BCUT2D eigenvalue weighted by atomic mass is 79.9. The Labute approximate surface area is 55.2 Å². The summed E-state index contributed by atoms with van der Waals surface area (Å²) >= 11 is 4.03. The molecule has 7 heavy (non-hydrogen) atoms. The molecule has 0 saturated carbocycles. The number of thioether (sulfide) groups is 1. The molecule has 0 heterocycles. The standard InChI is InChI=1S/C4H2BrNS/c5-2-1-3-7-4-6/h3H2. The van der Waals surface area contributed by atoms with Crippen molar-refractivity contribution in [1.29, 1.82) is 5.26 Å². The molecule has 36 valence electrons. The van der Waals surface area contributed by atoms with Gasteiger partial charge in [0.25, 0.3) is 0 Å². The van der Waals surface area contributed by atoms with Crippen LogP contribution in [-0.2, 0) is 0 Å². The van der Waals surface area contributed by atoms with Gasteiger partial charge < -0.3 is 0 Å². The summed E-state index contributed by atoms with van der Waals surface area (Å²) in [6.45, 7) is 0. The molecule has 0 N–H and O–H groups in total. The van der Waals surface area contributed by atoms with Gasteiger partial charge in [0.2, 0.25) is 0 Å². The quantitative estimate of drug-likeness (QED) is 0.344. The zero-order valence-corrected chi connectivity index (χ0v) is 5.84. The van der Waals surface area contributed by atoms with Crippen LogP contribution in [0, 0.1) is 21.4 Å². The van der Waals surface area contributed by atoms with E-state index in [1.54, 1.807) is 0 Å². The molecule has 0 aromatic rings. The monoisotopic (exact) mass is 175 g/mol. The molecule has 0 fully saturated rings. The van der Waals surface area contributed by atoms with Gasteiger partial charge in [-0.3, -0.25) is 0 Å². The molecule has 0 aromatic heterocycles. The van der Waals surface area contributed by atoms with Gasteiger partial charge in [0.05, 0.1) is 5.75 Å². The van der Waals surface area contributed by atoms with Gasteiger partial charge in [0, 0.05) is 15.9 Å². The van der Waals surface area contributed by atoms with Crippen molar-refractivity contribution in [3.8, 4) is 16.2 Å². The highest BCUT2D eigenvalue weighted by Crippen LogP contribution is 1.91. The summed E-state index contributed by atoms with van der Waals surface area (Å²) in [5, 5.41) is 9.82. The largest absolute Gasteiger partial charge is 0.185 e. The van der Waals surface area contributed by atoms with Gasteiger partial charge in [-0.05, 0) is 16.6 Å². The SMILES string of the molecule is N#CSCC#CBr. The number of halogens is 1. The van der Waals surface area contributed by atoms with Crippen molar-refractivity contribution in [3.05, 3.63) is 0 Å². The molecule has 3 heteroatoms. The second kappa shape index (κ2) is 5.88. The zero-order chi connectivity index (χ0) is 5.54. The Balaban J connectivity index is 2.98. The molecule has 0 aliphatic rings. The molecule has 0 amide bonds. The van der Waals surface area contributed by atoms with Crippen LogP contribution < -0.4 is 0 Å². The molecule has 0 saturated heterocycles. The van der Waals surface area contributed by atoms with E-state index >= 15 is 0 Å². The Bertz CT molecular complexity index is 127. The van der Waals surface area contributed by atoms with Crippen LogP contribution >= 0.6 is 27.7 Å². The van der Waals surface area contributed by atoms with Gasteiger partial charge in [0.1, 0.15) is 5.40 Å². The highest BCUT2D eigenvalue weighted by molar-refractivity contribution is 9.12. The molecular formula is C4H2BrNS. The second-order valence-electron chi connectivity index (χ2n) is 0.651. The highest BCUT2D eigenvalue weighted by Gasteiger charge is 1.71. The Morgan fingerprint density at radius 2 is 2.43 bits per heavy atom. The number of hydrogen-bond donors (Lipinski definition) is 0. The number of hydrogen-bond acceptors (Lipinski definition) is 2. The van der Waals surface area contributed by atoms with Crippen LogP contribution in [-0.4, -0.2) is 5.75 Å². The van der Waals surface area contributed by atoms with Crippen LogP contribution in [0.3, 0.4) is 0 Å². The Hall–Kier alpha value is -0.120. The van der Waals surface area contributed by atoms with Crippen LogP contribution in [0.5, 0.6) is 0 Å². The third kappa shape index (κ3) is 5.88. The summed E-state index contributed by atoms with van der Waals surface area (Å²) in [6.07, 6.45) is 0. The predicted octanol–water partition coefficient (Wildman–Crippen LogP) is 1.56. The summed E-state index contributed by atoms with van der Waals surface area (Å²) in [7, 11) is 0. The van der Waals surface area contributed by atoms with Gasteiger partial charge in [-0.15, -0.1) is 0 Å². The van der Waals surface area contributed by atoms with E-state index in [1.807, 2.05) is 5.40 Å². The lowest BCUT2D eigenvalue weighted by Gasteiger charge is -1.68. The maximum atomic E-state index is 7.92. The lowest BCUT2D eigenvalue weighted by molar-refractivity contribution is 1.57. The fourth-order valence-electron chi connectivity index (χ4n) is 0.0956.